The maximum atomic E-state index is 13.7. The monoisotopic (exact) mass is 586 g/mol. The van der Waals surface area contributed by atoms with Gasteiger partial charge in [-0.25, -0.2) is 4.79 Å². The van der Waals surface area contributed by atoms with E-state index < -0.39 is 11.6 Å². The third-order valence-electron chi connectivity index (χ3n) is 6.67. The SMILES string of the molecule is CCOc1cc(C(C)(C)C)ncc1C(=NC(C)(C)C1C=CC(Cl)=CC1)N(Cc1ccc(Cl)cc1)C(=O)NCCO. The van der Waals surface area contributed by atoms with E-state index in [0.717, 1.165) is 11.3 Å². The normalized spacial score (nSPS) is 16.0. The summed E-state index contributed by atoms with van der Waals surface area (Å²) in [6, 6.07) is 8.85. The molecule has 1 aliphatic rings. The molecule has 1 atom stereocenters. The minimum absolute atomic E-state index is 0.0419. The summed E-state index contributed by atoms with van der Waals surface area (Å²) in [4.78, 5) is 25.3. The van der Waals surface area contributed by atoms with Crippen molar-refractivity contribution in [1.29, 1.82) is 0 Å². The number of halogens is 2. The molecule has 0 saturated heterocycles. The molecule has 0 fully saturated rings. The molecule has 1 aromatic heterocycles. The van der Waals surface area contributed by atoms with E-state index in [1.807, 2.05) is 51.1 Å². The summed E-state index contributed by atoms with van der Waals surface area (Å²) in [6.45, 7) is 12.8. The lowest BCUT2D eigenvalue weighted by molar-refractivity contribution is 0.213. The number of aliphatic hydroxyl groups excluding tert-OH is 1. The first-order valence-corrected chi connectivity index (χ1v) is 14.3. The maximum absolute atomic E-state index is 13.7. The number of aliphatic hydroxyl groups is 1. The smallest absolute Gasteiger partial charge is 0.323 e. The van der Waals surface area contributed by atoms with Gasteiger partial charge < -0.3 is 15.2 Å². The molecule has 1 aromatic carbocycles. The number of hydrogen-bond donors (Lipinski definition) is 2. The van der Waals surface area contributed by atoms with Crippen LogP contribution in [0.2, 0.25) is 5.02 Å². The van der Waals surface area contributed by atoms with E-state index in [0.29, 0.717) is 40.2 Å². The Morgan fingerprint density at radius 2 is 1.90 bits per heavy atom. The Bertz CT molecular complexity index is 1260. The Labute approximate surface area is 248 Å². The number of carbonyl (C=O) groups is 1. The third kappa shape index (κ3) is 8.32. The summed E-state index contributed by atoms with van der Waals surface area (Å²) in [6.07, 6.45) is 8.38. The first-order chi connectivity index (χ1) is 18.9. The number of nitrogens with zero attached hydrogens (tertiary/aromatic N) is 3. The lowest BCUT2D eigenvalue weighted by Crippen LogP contribution is -2.46. The zero-order chi connectivity index (χ0) is 29.5. The minimum Gasteiger partial charge on any atom is -0.493 e. The summed E-state index contributed by atoms with van der Waals surface area (Å²) in [5, 5.41) is 13.5. The van der Waals surface area contributed by atoms with Gasteiger partial charge in [0.1, 0.15) is 11.6 Å². The minimum atomic E-state index is -0.623. The predicted molar refractivity (Wildman–Crippen MR) is 163 cm³/mol. The van der Waals surface area contributed by atoms with E-state index in [1.165, 1.54) is 0 Å². The van der Waals surface area contributed by atoms with Crippen LogP contribution in [-0.4, -0.2) is 52.2 Å². The van der Waals surface area contributed by atoms with Crippen LogP contribution < -0.4 is 10.1 Å². The summed E-state index contributed by atoms with van der Waals surface area (Å²) < 4.78 is 6.13. The fraction of sp³-hybridized carbons (Fsp3) is 0.452. The molecule has 2 N–H and O–H groups in total. The average molecular weight is 588 g/mol. The van der Waals surface area contributed by atoms with E-state index >= 15 is 0 Å². The molecular weight excluding hydrogens is 547 g/mol. The fourth-order valence-corrected chi connectivity index (χ4v) is 4.59. The predicted octanol–water partition coefficient (Wildman–Crippen LogP) is 6.86. The van der Waals surface area contributed by atoms with Crippen molar-refractivity contribution in [3.8, 4) is 5.75 Å². The van der Waals surface area contributed by atoms with Crippen LogP contribution in [0.5, 0.6) is 5.75 Å². The van der Waals surface area contributed by atoms with Gasteiger partial charge in [-0.2, -0.15) is 0 Å². The van der Waals surface area contributed by atoms with Crippen molar-refractivity contribution in [3.63, 3.8) is 0 Å². The molecule has 0 aliphatic heterocycles. The number of hydrogen-bond acceptors (Lipinski definition) is 5. The molecule has 2 amide bonds. The molecule has 40 heavy (non-hydrogen) atoms. The molecular formula is C31H40Cl2N4O3. The summed E-state index contributed by atoms with van der Waals surface area (Å²) in [5.74, 6) is 1.05. The molecule has 1 unspecified atom stereocenters. The fourth-order valence-electron chi connectivity index (χ4n) is 4.30. The van der Waals surface area contributed by atoms with Crippen molar-refractivity contribution in [2.75, 3.05) is 19.8 Å². The Morgan fingerprint density at radius 3 is 2.48 bits per heavy atom. The first-order valence-electron chi connectivity index (χ1n) is 13.5. The van der Waals surface area contributed by atoms with Crippen molar-refractivity contribution in [1.82, 2.24) is 15.2 Å². The molecule has 0 spiro atoms. The molecule has 3 rings (SSSR count). The van der Waals surface area contributed by atoms with Gasteiger partial charge in [-0.05, 0) is 51.0 Å². The number of amidine groups is 1. The molecule has 0 bridgehead atoms. The van der Waals surface area contributed by atoms with Crippen LogP contribution in [0.15, 0.2) is 64.8 Å². The van der Waals surface area contributed by atoms with Crippen LogP contribution in [0, 0.1) is 5.92 Å². The summed E-state index contributed by atoms with van der Waals surface area (Å²) >= 11 is 12.3. The van der Waals surface area contributed by atoms with Crippen molar-refractivity contribution >= 4 is 35.1 Å². The van der Waals surface area contributed by atoms with Gasteiger partial charge >= 0.3 is 6.03 Å². The van der Waals surface area contributed by atoms with E-state index in [9.17, 15) is 9.90 Å². The van der Waals surface area contributed by atoms with Gasteiger partial charge in [0.2, 0.25) is 0 Å². The highest BCUT2D eigenvalue weighted by molar-refractivity contribution is 6.31. The van der Waals surface area contributed by atoms with E-state index in [2.05, 4.69) is 32.2 Å². The quantitative estimate of drug-likeness (QED) is 0.248. The van der Waals surface area contributed by atoms with Gasteiger partial charge in [-0.15, -0.1) is 0 Å². The topological polar surface area (TPSA) is 87.1 Å². The van der Waals surface area contributed by atoms with E-state index in [4.69, 9.17) is 37.9 Å². The first kappa shape index (κ1) is 31.7. The second-order valence-corrected chi connectivity index (χ2v) is 12.2. The largest absolute Gasteiger partial charge is 0.493 e. The zero-order valence-electron chi connectivity index (χ0n) is 24.2. The second-order valence-electron chi connectivity index (χ2n) is 11.3. The number of aliphatic imine (C=N–C) groups is 1. The third-order valence-corrected chi connectivity index (χ3v) is 7.21. The number of rotatable bonds is 9. The van der Waals surface area contributed by atoms with Gasteiger partial charge in [0.05, 0.1) is 30.9 Å². The Morgan fingerprint density at radius 1 is 1.20 bits per heavy atom. The lowest BCUT2D eigenvalue weighted by atomic mass is 9.83. The zero-order valence-corrected chi connectivity index (χ0v) is 25.7. The van der Waals surface area contributed by atoms with Crippen LogP contribution in [0.25, 0.3) is 0 Å². The molecule has 9 heteroatoms. The molecule has 0 saturated carbocycles. The maximum Gasteiger partial charge on any atom is 0.323 e. The van der Waals surface area contributed by atoms with Crippen LogP contribution in [-0.2, 0) is 12.0 Å². The summed E-state index contributed by atoms with van der Waals surface area (Å²) in [7, 11) is 0. The Hall–Kier alpha value is -2.87. The molecule has 1 aliphatic carbocycles. The van der Waals surface area contributed by atoms with Crippen molar-refractivity contribution in [2.45, 2.75) is 65.5 Å². The average Bonchev–Trinajstić information content (AvgIpc) is 2.90. The van der Waals surface area contributed by atoms with Crippen LogP contribution in [0.3, 0.4) is 0 Å². The van der Waals surface area contributed by atoms with Gasteiger partial charge in [0.25, 0.3) is 0 Å². The number of carbonyl (C=O) groups excluding carboxylic acids is 1. The van der Waals surface area contributed by atoms with Gasteiger partial charge in [0.15, 0.2) is 0 Å². The number of nitrogens with one attached hydrogen (secondary N) is 1. The molecule has 216 valence electrons. The van der Waals surface area contributed by atoms with Gasteiger partial charge in [0, 0.05) is 45.9 Å². The van der Waals surface area contributed by atoms with E-state index in [-0.39, 0.29) is 31.0 Å². The highest BCUT2D eigenvalue weighted by atomic mass is 35.5. The van der Waals surface area contributed by atoms with E-state index in [1.54, 1.807) is 23.2 Å². The number of ether oxygens (including phenoxy) is 1. The number of urea groups is 1. The Kier molecular flexibility index (Phi) is 10.8. The molecule has 2 aromatic rings. The summed E-state index contributed by atoms with van der Waals surface area (Å²) in [5.41, 5.74) is 1.49. The van der Waals surface area contributed by atoms with Crippen molar-refractivity contribution in [2.24, 2.45) is 10.9 Å². The lowest BCUT2D eigenvalue weighted by Gasteiger charge is -2.34. The number of pyridine rings is 1. The van der Waals surface area contributed by atoms with Gasteiger partial charge in [-0.3, -0.25) is 14.9 Å². The molecule has 0 radical (unpaired) electrons. The number of benzene rings is 1. The van der Waals surface area contributed by atoms with Gasteiger partial charge in [-0.1, -0.05) is 68.3 Å². The second kappa shape index (κ2) is 13.7. The molecule has 7 nitrogen and oxygen atoms in total. The Balaban J connectivity index is 2.24. The highest BCUT2D eigenvalue weighted by Gasteiger charge is 2.33. The standard InChI is InChI=1S/C31H40Cl2N4O3/c1-7-40-26-18-27(30(2,3)4)35-19-25(26)28(36-31(5,6)22-10-14-24(33)15-11-22)37(29(39)34-16-17-38)20-21-8-12-23(32)13-9-21/h8-10,12-15,18-19,22,38H,7,11,16-17,20H2,1-6H3,(H,34,39). The van der Waals surface area contributed by atoms with Crippen molar-refractivity contribution < 1.29 is 14.6 Å². The van der Waals surface area contributed by atoms with Crippen LogP contribution >= 0.6 is 23.2 Å². The number of aromatic nitrogens is 1. The van der Waals surface area contributed by atoms with Crippen LogP contribution in [0.4, 0.5) is 4.79 Å². The number of allylic oxidation sites excluding steroid dienone is 3. The highest BCUT2D eigenvalue weighted by Crippen LogP contribution is 2.34. The van der Waals surface area contributed by atoms with Crippen molar-refractivity contribution in [3.05, 3.63) is 81.6 Å². The number of amides is 2. The van der Waals surface area contributed by atoms with Crippen LogP contribution in [0.1, 0.15) is 64.8 Å². The molecule has 1 heterocycles.